The lowest BCUT2D eigenvalue weighted by Crippen LogP contribution is -2.48. The molecule has 18 heavy (non-hydrogen) atoms. The van der Waals surface area contributed by atoms with Crippen molar-refractivity contribution >= 4 is 18.1 Å². The van der Waals surface area contributed by atoms with E-state index < -0.39 is 29.7 Å². The van der Waals surface area contributed by atoms with Gasteiger partial charge >= 0.3 is 18.1 Å². The van der Waals surface area contributed by atoms with Gasteiger partial charge in [0, 0.05) is 0 Å². The Morgan fingerprint density at radius 3 is 2.67 bits per heavy atom. The summed E-state index contributed by atoms with van der Waals surface area (Å²) in [5.74, 6) is -0.602. The van der Waals surface area contributed by atoms with Crippen LogP contribution >= 0.6 is 0 Å². The molecule has 3 amide bonds. The Balaban J connectivity index is 2.65. The Morgan fingerprint density at radius 2 is 2.17 bits per heavy atom. The predicted molar refractivity (Wildman–Crippen MR) is 60.4 cm³/mol. The molecule has 0 aromatic carbocycles. The zero-order valence-electron chi connectivity index (χ0n) is 10.6. The number of cyclic esters (lactones) is 1. The Morgan fingerprint density at radius 1 is 1.56 bits per heavy atom. The number of ether oxygens (including phenoxy) is 2. The van der Waals surface area contributed by atoms with Crippen LogP contribution in [-0.2, 0) is 14.3 Å². The number of nitrogens with one attached hydrogen (secondary N) is 1. The molecular weight excluding hydrogens is 242 g/mol. The van der Waals surface area contributed by atoms with E-state index in [1.165, 1.54) is 0 Å². The number of carbonyl (C=O) groups excluding carboxylic acids is 3. The van der Waals surface area contributed by atoms with Gasteiger partial charge in [0.15, 0.2) is 12.8 Å². The summed E-state index contributed by atoms with van der Waals surface area (Å²) < 4.78 is 9.86. The average molecular weight is 259 g/mol. The van der Waals surface area contributed by atoms with Gasteiger partial charge in [0.25, 0.3) is 0 Å². The van der Waals surface area contributed by atoms with Crippen molar-refractivity contribution in [2.75, 3.05) is 13.3 Å². The van der Waals surface area contributed by atoms with Crippen molar-refractivity contribution in [1.82, 2.24) is 10.2 Å². The number of esters is 1. The predicted octanol–water partition coefficient (Wildman–Crippen LogP) is -0.225. The molecule has 1 atom stereocenters. The molecule has 102 valence electrons. The Bertz CT molecular complexity index is 363. The third-order valence-corrected chi connectivity index (χ3v) is 2.09. The van der Waals surface area contributed by atoms with Crippen LogP contribution in [0.15, 0.2) is 0 Å². The fraction of sp³-hybridized carbons (Fsp3) is 0.700. The molecule has 0 bridgehead atoms. The Labute approximate surface area is 104 Å². The summed E-state index contributed by atoms with van der Waals surface area (Å²) in [4.78, 5) is 34.9. The van der Waals surface area contributed by atoms with E-state index in [1.807, 2.05) is 0 Å². The molecule has 1 saturated heterocycles. The minimum Gasteiger partial charge on any atom is -0.444 e. The highest BCUT2D eigenvalue weighted by atomic mass is 16.6. The van der Waals surface area contributed by atoms with Crippen molar-refractivity contribution in [3.63, 3.8) is 0 Å². The van der Waals surface area contributed by atoms with Gasteiger partial charge in [0.1, 0.15) is 5.60 Å². The molecule has 1 rings (SSSR count). The molecule has 0 aromatic rings. The largest absolute Gasteiger partial charge is 0.444 e. The Kier molecular flexibility index (Phi) is 4.00. The second-order valence-corrected chi connectivity index (χ2v) is 4.80. The van der Waals surface area contributed by atoms with Crippen LogP contribution in [0, 0.1) is 0 Å². The first-order valence-electron chi connectivity index (χ1n) is 5.40. The summed E-state index contributed by atoms with van der Waals surface area (Å²) in [7, 11) is 0. The molecule has 8 heteroatoms. The van der Waals surface area contributed by atoms with E-state index in [0.717, 1.165) is 4.90 Å². The smallest absolute Gasteiger partial charge is 0.413 e. The molecule has 0 aliphatic carbocycles. The molecule has 0 radical (unpaired) electrons. The molecule has 1 aliphatic heterocycles. The number of urea groups is 1. The van der Waals surface area contributed by atoms with Crippen molar-refractivity contribution in [2.45, 2.75) is 32.4 Å². The van der Waals surface area contributed by atoms with Gasteiger partial charge in [-0.3, -0.25) is 4.90 Å². The molecule has 3 N–H and O–H groups in total. The van der Waals surface area contributed by atoms with Crippen LogP contribution in [0.1, 0.15) is 20.8 Å². The number of hydrogen-bond donors (Lipinski definition) is 2. The van der Waals surface area contributed by atoms with Crippen molar-refractivity contribution in [3.05, 3.63) is 0 Å². The van der Waals surface area contributed by atoms with Gasteiger partial charge in [-0.25, -0.2) is 14.4 Å². The normalized spacial score (nSPS) is 19.4. The highest BCUT2D eigenvalue weighted by Crippen LogP contribution is 2.16. The van der Waals surface area contributed by atoms with E-state index in [1.54, 1.807) is 20.8 Å². The maximum absolute atomic E-state index is 11.8. The molecule has 0 unspecified atom stereocenters. The average Bonchev–Trinajstić information content (AvgIpc) is 2.54. The highest BCUT2D eigenvalue weighted by Gasteiger charge is 2.39. The molecule has 1 fully saturated rings. The van der Waals surface area contributed by atoms with Crippen LogP contribution < -0.4 is 11.1 Å². The number of rotatable bonds is 2. The van der Waals surface area contributed by atoms with Gasteiger partial charge in [0.05, 0.1) is 6.54 Å². The monoisotopic (exact) mass is 259 g/mol. The van der Waals surface area contributed by atoms with E-state index in [0.29, 0.717) is 0 Å². The molecule has 0 aromatic heterocycles. The fourth-order valence-electron chi connectivity index (χ4n) is 1.34. The second kappa shape index (κ2) is 5.11. The van der Waals surface area contributed by atoms with Crippen LogP contribution in [-0.4, -0.2) is 47.9 Å². The van der Waals surface area contributed by atoms with Gasteiger partial charge < -0.3 is 20.5 Å². The van der Waals surface area contributed by atoms with Crippen LogP contribution in [0.3, 0.4) is 0 Å². The standard InChI is InChI=1S/C10H17N3O5/c1-10(2,3)18-9(16)13-5-17-7(14)6(13)4-12-8(11)15/h6H,4-5H2,1-3H3,(H3,11,12,15)/t6-/m0/s1. The number of amides is 3. The molecule has 1 aliphatic rings. The van der Waals surface area contributed by atoms with Crippen molar-refractivity contribution in [2.24, 2.45) is 5.73 Å². The van der Waals surface area contributed by atoms with E-state index >= 15 is 0 Å². The lowest BCUT2D eigenvalue weighted by molar-refractivity contribution is -0.138. The zero-order chi connectivity index (χ0) is 13.9. The number of primary amides is 1. The van der Waals surface area contributed by atoms with Crippen LogP contribution in [0.5, 0.6) is 0 Å². The molecular formula is C10H17N3O5. The minimum atomic E-state index is -0.910. The number of hydrogen-bond acceptors (Lipinski definition) is 5. The zero-order valence-corrected chi connectivity index (χ0v) is 10.6. The van der Waals surface area contributed by atoms with E-state index in [-0.39, 0.29) is 13.3 Å². The van der Waals surface area contributed by atoms with Gasteiger partial charge in [-0.2, -0.15) is 0 Å². The quantitative estimate of drug-likeness (QED) is 0.666. The summed E-state index contributed by atoms with van der Waals surface area (Å²) in [5.41, 5.74) is 4.23. The summed E-state index contributed by atoms with van der Waals surface area (Å²) in [5, 5.41) is 2.25. The maximum atomic E-state index is 11.8. The summed E-state index contributed by atoms with van der Waals surface area (Å²) in [6.45, 7) is 4.83. The summed E-state index contributed by atoms with van der Waals surface area (Å²) in [6.07, 6.45) is -0.676. The first-order valence-corrected chi connectivity index (χ1v) is 5.40. The number of nitrogens with two attached hydrogens (primary N) is 1. The third-order valence-electron chi connectivity index (χ3n) is 2.09. The Hall–Kier alpha value is -1.99. The van der Waals surface area contributed by atoms with E-state index in [2.05, 4.69) is 5.32 Å². The highest BCUT2D eigenvalue weighted by molar-refractivity contribution is 5.85. The summed E-state index contributed by atoms with van der Waals surface area (Å²) >= 11 is 0. The minimum absolute atomic E-state index is 0.104. The van der Waals surface area contributed by atoms with Crippen LogP contribution in [0.4, 0.5) is 9.59 Å². The van der Waals surface area contributed by atoms with Gasteiger partial charge in [-0.1, -0.05) is 0 Å². The molecule has 0 saturated carbocycles. The number of nitrogens with zero attached hydrogens (tertiary/aromatic N) is 1. The third kappa shape index (κ3) is 3.79. The van der Waals surface area contributed by atoms with Gasteiger partial charge in [0.2, 0.25) is 0 Å². The summed E-state index contributed by atoms with van der Waals surface area (Å²) in [6, 6.07) is -1.69. The van der Waals surface area contributed by atoms with Crippen molar-refractivity contribution in [3.8, 4) is 0 Å². The van der Waals surface area contributed by atoms with Gasteiger partial charge in [-0.15, -0.1) is 0 Å². The van der Waals surface area contributed by atoms with Crippen LogP contribution in [0.25, 0.3) is 0 Å². The van der Waals surface area contributed by atoms with Gasteiger partial charge in [-0.05, 0) is 20.8 Å². The molecule has 0 spiro atoms. The molecule has 1 heterocycles. The lowest BCUT2D eigenvalue weighted by Gasteiger charge is -2.25. The SMILES string of the molecule is CC(C)(C)OC(=O)N1COC(=O)[C@@H]1CNC(N)=O. The first kappa shape index (κ1) is 14.1. The van der Waals surface area contributed by atoms with Crippen molar-refractivity contribution in [1.29, 1.82) is 0 Å². The fourth-order valence-corrected chi connectivity index (χ4v) is 1.34. The van der Waals surface area contributed by atoms with E-state index in [4.69, 9.17) is 15.2 Å². The maximum Gasteiger partial charge on any atom is 0.413 e. The molecule has 8 nitrogen and oxygen atoms in total. The lowest BCUT2D eigenvalue weighted by atomic mass is 10.2. The van der Waals surface area contributed by atoms with Crippen molar-refractivity contribution < 1.29 is 23.9 Å². The number of carbonyl (C=O) groups is 3. The second-order valence-electron chi connectivity index (χ2n) is 4.80. The topological polar surface area (TPSA) is 111 Å². The van der Waals surface area contributed by atoms with E-state index in [9.17, 15) is 14.4 Å². The first-order chi connectivity index (χ1) is 8.20. The van der Waals surface area contributed by atoms with Crippen LogP contribution in [0.2, 0.25) is 0 Å².